The Bertz CT molecular complexity index is 541. The summed E-state index contributed by atoms with van der Waals surface area (Å²) in [6.45, 7) is 4.07. The van der Waals surface area contributed by atoms with E-state index >= 15 is 0 Å². The van der Waals surface area contributed by atoms with E-state index in [4.69, 9.17) is 9.84 Å². The zero-order valence-electron chi connectivity index (χ0n) is 11.1. The predicted octanol–water partition coefficient (Wildman–Crippen LogP) is 2.28. The summed E-state index contributed by atoms with van der Waals surface area (Å²) >= 11 is 0. The van der Waals surface area contributed by atoms with Crippen LogP contribution < -0.4 is 4.74 Å². The molecule has 2 rings (SSSR count). The van der Waals surface area contributed by atoms with E-state index in [2.05, 4.69) is 15.2 Å². The number of rotatable bonds is 5. The number of hydrogen-bond donors (Lipinski definition) is 1. The number of ether oxygens (including phenoxy) is 1. The van der Waals surface area contributed by atoms with Gasteiger partial charge in [0.2, 0.25) is 0 Å². The van der Waals surface area contributed by atoms with Crippen molar-refractivity contribution >= 4 is 0 Å². The van der Waals surface area contributed by atoms with E-state index in [0.29, 0.717) is 5.75 Å². The van der Waals surface area contributed by atoms with E-state index < -0.39 is 0 Å². The molecule has 1 heterocycles. The summed E-state index contributed by atoms with van der Waals surface area (Å²) in [5.74, 6) is 0.630. The molecule has 5 heteroatoms. The first-order valence-electron chi connectivity index (χ1n) is 6.37. The lowest BCUT2D eigenvalue weighted by molar-refractivity contribution is 0.281. The van der Waals surface area contributed by atoms with E-state index in [0.717, 1.165) is 29.8 Å². The topological polar surface area (TPSA) is 68.1 Å². The van der Waals surface area contributed by atoms with Gasteiger partial charge in [-0.05, 0) is 30.5 Å². The highest BCUT2D eigenvalue weighted by Crippen LogP contribution is 2.18. The summed E-state index contributed by atoms with van der Waals surface area (Å²) in [4.78, 5) is 4.35. The van der Waals surface area contributed by atoms with Crippen molar-refractivity contribution in [2.75, 3.05) is 0 Å². The van der Waals surface area contributed by atoms with E-state index in [1.54, 1.807) is 24.3 Å². The molecule has 0 saturated carbocycles. The maximum atomic E-state index is 8.97. The fraction of sp³-hybridized carbons (Fsp3) is 0.357. The van der Waals surface area contributed by atoms with Gasteiger partial charge >= 0.3 is 6.01 Å². The predicted molar refractivity (Wildman–Crippen MR) is 71.0 cm³/mol. The van der Waals surface area contributed by atoms with Crippen LogP contribution in [0.1, 0.15) is 30.8 Å². The van der Waals surface area contributed by atoms with Gasteiger partial charge in [0.25, 0.3) is 0 Å². The number of benzene rings is 1. The summed E-state index contributed by atoms with van der Waals surface area (Å²) in [6, 6.07) is 7.39. The van der Waals surface area contributed by atoms with Crippen molar-refractivity contribution in [3.8, 4) is 11.8 Å². The molecule has 5 nitrogen and oxygen atoms in total. The van der Waals surface area contributed by atoms with Crippen LogP contribution in [-0.4, -0.2) is 20.3 Å². The monoisotopic (exact) mass is 259 g/mol. The summed E-state index contributed by atoms with van der Waals surface area (Å²) < 4.78 is 5.55. The van der Waals surface area contributed by atoms with Gasteiger partial charge in [-0.25, -0.2) is 0 Å². The quantitative estimate of drug-likeness (QED) is 0.892. The molecule has 0 saturated heterocycles. The molecule has 1 N–H and O–H groups in total. The van der Waals surface area contributed by atoms with Crippen LogP contribution in [0, 0.1) is 0 Å². The first-order chi connectivity index (χ1) is 9.26. The minimum atomic E-state index is 0.0174. The van der Waals surface area contributed by atoms with Crippen molar-refractivity contribution in [2.24, 2.45) is 0 Å². The van der Waals surface area contributed by atoms with Crippen molar-refractivity contribution in [1.82, 2.24) is 15.2 Å². The number of aryl methyl sites for hydroxylation is 2. The van der Waals surface area contributed by atoms with E-state index in [9.17, 15) is 0 Å². The third-order valence-electron chi connectivity index (χ3n) is 2.80. The first-order valence-corrected chi connectivity index (χ1v) is 6.37. The number of aliphatic hydroxyl groups is 1. The van der Waals surface area contributed by atoms with Crippen molar-refractivity contribution in [2.45, 2.75) is 33.3 Å². The van der Waals surface area contributed by atoms with Crippen LogP contribution in [0.3, 0.4) is 0 Å². The van der Waals surface area contributed by atoms with Gasteiger partial charge in [-0.1, -0.05) is 31.1 Å². The van der Waals surface area contributed by atoms with Crippen LogP contribution in [0.15, 0.2) is 24.3 Å². The Labute approximate surface area is 112 Å². The number of aliphatic hydroxyl groups excluding tert-OH is 1. The van der Waals surface area contributed by atoms with Crippen LogP contribution in [0.2, 0.25) is 0 Å². The zero-order chi connectivity index (χ0) is 13.7. The molecule has 1 aromatic heterocycles. The molecule has 19 heavy (non-hydrogen) atoms. The van der Waals surface area contributed by atoms with Gasteiger partial charge in [-0.2, -0.15) is 4.98 Å². The second-order valence-electron chi connectivity index (χ2n) is 4.10. The Morgan fingerprint density at radius 1 is 1.00 bits per heavy atom. The fourth-order valence-corrected chi connectivity index (χ4v) is 1.73. The van der Waals surface area contributed by atoms with Gasteiger partial charge in [0, 0.05) is 0 Å². The molecule has 0 amide bonds. The molecular formula is C14H17N3O2. The molecule has 0 aliphatic rings. The summed E-state index contributed by atoms with van der Waals surface area (Å²) in [7, 11) is 0. The third kappa shape index (κ3) is 3.26. The number of nitrogens with zero attached hydrogens (tertiary/aromatic N) is 3. The van der Waals surface area contributed by atoms with Crippen LogP contribution in [0.5, 0.6) is 11.8 Å². The molecule has 2 aromatic rings. The molecular weight excluding hydrogens is 242 g/mol. The average Bonchev–Trinajstić information content (AvgIpc) is 2.48. The zero-order valence-corrected chi connectivity index (χ0v) is 11.1. The standard InChI is InChI=1S/C14H17N3O2/c1-3-12-13(4-2)16-17-14(15-12)19-11-7-5-10(9-18)6-8-11/h5-8,18H,3-4,9H2,1-2H3. The molecule has 0 aliphatic carbocycles. The first kappa shape index (κ1) is 13.4. The Kier molecular flexibility index (Phi) is 4.41. The largest absolute Gasteiger partial charge is 0.423 e. The second kappa shape index (κ2) is 6.24. The maximum Gasteiger partial charge on any atom is 0.341 e. The van der Waals surface area contributed by atoms with Gasteiger partial charge in [-0.3, -0.25) is 0 Å². The second-order valence-corrected chi connectivity index (χ2v) is 4.10. The molecule has 0 aliphatic heterocycles. The third-order valence-corrected chi connectivity index (χ3v) is 2.80. The van der Waals surface area contributed by atoms with Crippen LogP contribution >= 0.6 is 0 Å². The highest BCUT2D eigenvalue weighted by Gasteiger charge is 2.07. The van der Waals surface area contributed by atoms with Crippen molar-refractivity contribution < 1.29 is 9.84 Å². The number of hydrogen-bond acceptors (Lipinski definition) is 5. The van der Waals surface area contributed by atoms with Gasteiger partial charge in [0.05, 0.1) is 18.0 Å². The average molecular weight is 259 g/mol. The highest BCUT2D eigenvalue weighted by molar-refractivity contribution is 5.29. The normalized spacial score (nSPS) is 10.5. The summed E-state index contributed by atoms with van der Waals surface area (Å²) in [5.41, 5.74) is 2.66. The molecule has 100 valence electrons. The lowest BCUT2D eigenvalue weighted by Crippen LogP contribution is -2.04. The molecule has 1 aromatic carbocycles. The molecule has 0 radical (unpaired) electrons. The summed E-state index contributed by atoms with van der Waals surface area (Å²) in [5, 5.41) is 17.1. The van der Waals surface area contributed by atoms with Crippen molar-refractivity contribution in [1.29, 1.82) is 0 Å². The lowest BCUT2D eigenvalue weighted by Gasteiger charge is -2.07. The van der Waals surface area contributed by atoms with Gasteiger partial charge in [0.1, 0.15) is 5.75 Å². The van der Waals surface area contributed by atoms with Crippen LogP contribution in [0.25, 0.3) is 0 Å². The maximum absolute atomic E-state index is 8.97. The molecule has 0 bridgehead atoms. The Morgan fingerprint density at radius 3 is 2.26 bits per heavy atom. The minimum absolute atomic E-state index is 0.0174. The molecule has 0 spiro atoms. The van der Waals surface area contributed by atoms with E-state index in [1.807, 2.05) is 13.8 Å². The fourth-order valence-electron chi connectivity index (χ4n) is 1.73. The molecule has 0 unspecified atom stereocenters. The minimum Gasteiger partial charge on any atom is -0.423 e. The highest BCUT2D eigenvalue weighted by atomic mass is 16.5. The van der Waals surface area contributed by atoms with E-state index in [-0.39, 0.29) is 12.6 Å². The Balaban J connectivity index is 2.18. The Hall–Kier alpha value is -2.01. The smallest absolute Gasteiger partial charge is 0.341 e. The number of aromatic nitrogens is 3. The van der Waals surface area contributed by atoms with Crippen LogP contribution in [-0.2, 0) is 19.4 Å². The van der Waals surface area contributed by atoms with E-state index in [1.165, 1.54) is 0 Å². The van der Waals surface area contributed by atoms with Gasteiger partial charge in [0.15, 0.2) is 0 Å². The van der Waals surface area contributed by atoms with Gasteiger partial charge < -0.3 is 9.84 Å². The van der Waals surface area contributed by atoms with Crippen molar-refractivity contribution in [3.05, 3.63) is 41.2 Å². The van der Waals surface area contributed by atoms with Crippen LogP contribution in [0.4, 0.5) is 0 Å². The van der Waals surface area contributed by atoms with Gasteiger partial charge in [-0.15, -0.1) is 5.10 Å². The molecule has 0 atom stereocenters. The lowest BCUT2D eigenvalue weighted by atomic mass is 10.2. The Morgan fingerprint density at radius 2 is 1.68 bits per heavy atom. The molecule has 0 fully saturated rings. The SMILES string of the molecule is CCc1nnc(Oc2ccc(CO)cc2)nc1CC. The van der Waals surface area contributed by atoms with Crippen molar-refractivity contribution in [3.63, 3.8) is 0 Å². The summed E-state index contributed by atoms with van der Waals surface area (Å²) in [6.07, 6.45) is 1.62.